The molecule has 2 N–H and O–H groups in total. The van der Waals surface area contributed by atoms with Crippen LogP contribution in [0.1, 0.15) is 40.7 Å². The maximum absolute atomic E-state index is 11.5. The Hall–Kier alpha value is -2.82. The van der Waals surface area contributed by atoms with Gasteiger partial charge in [0.05, 0.1) is 11.5 Å². The second-order valence-corrected chi connectivity index (χ2v) is 5.10. The summed E-state index contributed by atoms with van der Waals surface area (Å²) in [6, 6.07) is 14.0. The van der Waals surface area contributed by atoms with Crippen molar-refractivity contribution in [2.24, 2.45) is 0 Å². The molecule has 5 heteroatoms. The van der Waals surface area contributed by atoms with Crippen molar-refractivity contribution in [1.82, 2.24) is 0 Å². The molecule has 1 atom stereocenters. The predicted octanol–water partition coefficient (Wildman–Crippen LogP) is 3.54. The van der Waals surface area contributed by atoms with Crippen molar-refractivity contribution in [3.63, 3.8) is 0 Å². The molecule has 2 aromatic carbocycles. The summed E-state index contributed by atoms with van der Waals surface area (Å²) < 4.78 is 5.72. The lowest BCUT2D eigenvalue weighted by atomic mass is 9.91. The molecule has 0 aliphatic rings. The van der Waals surface area contributed by atoms with Gasteiger partial charge in [-0.15, -0.1) is 0 Å². The van der Waals surface area contributed by atoms with Gasteiger partial charge in [0.25, 0.3) is 0 Å². The molecular weight excluding hydrogens is 296 g/mol. The molecule has 2 aromatic rings. The first-order chi connectivity index (χ1) is 11.0. The van der Waals surface area contributed by atoms with Crippen LogP contribution in [-0.4, -0.2) is 22.2 Å². The Morgan fingerprint density at radius 3 is 2.30 bits per heavy atom. The monoisotopic (exact) mass is 314 g/mol. The number of aromatic carboxylic acids is 1. The zero-order valence-electron chi connectivity index (χ0n) is 12.7. The Balaban J connectivity index is 2.40. The number of hydrogen-bond donors (Lipinski definition) is 2. The van der Waals surface area contributed by atoms with Crippen molar-refractivity contribution in [2.45, 2.75) is 25.9 Å². The molecule has 120 valence electrons. The molecule has 0 bridgehead atoms. The highest BCUT2D eigenvalue weighted by atomic mass is 16.5. The lowest BCUT2D eigenvalue weighted by molar-refractivity contribution is -0.138. The summed E-state index contributed by atoms with van der Waals surface area (Å²) in [5.74, 6) is -2.85. The number of aliphatic carboxylic acids is 1. The van der Waals surface area contributed by atoms with E-state index in [1.54, 1.807) is 19.1 Å². The van der Waals surface area contributed by atoms with Gasteiger partial charge in [-0.1, -0.05) is 43.3 Å². The third-order valence-electron chi connectivity index (χ3n) is 3.59. The van der Waals surface area contributed by atoms with Gasteiger partial charge in [0, 0.05) is 5.56 Å². The molecule has 0 heterocycles. The Kier molecular flexibility index (Phi) is 5.36. The van der Waals surface area contributed by atoms with Crippen molar-refractivity contribution < 1.29 is 24.5 Å². The van der Waals surface area contributed by atoms with Gasteiger partial charge in [-0.25, -0.2) is 4.79 Å². The smallest absolute Gasteiger partial charge is 0.336 e. The number of carboxylic acid groups (broad SMARTS) is 2. The van der Waals surface area contributed by atoms with E-state index >= 15 is 0 Å². The van der Waals surface area contributed by atoms with E-state index in [4.69, 9.17) is 4.74 Å². The first-order valence-corrected chi connectivity index (χ1v) is 7.30. The van der Waals surface area contributed by atoms with Crippen molar-refractivity contribution >= 4 is 11.9 Å². The summed E-state index contributed by atoms with van der Waals surface area (Å²) >= 11 is 0. The molecule has 0 aromatic heterocycles. The van der Waals surface area contributed by atoms with Gasteiger partial charge in [-0.3, -0.25) is 4.79 Å². The van der Waals surface area contributed by atoms with Gasteiger partial charge in [0.15, 0.2) is 0 Å². The molecular formula is C18H18O5. The summed E-state index contributed by atoms with van der Waals surface area (Å²) in [5.41, 5.74) is 1.10. The van der Waals surface area contributed by atoms with E-state index in [1.165, 1.54) is 6.07 Å². The largest absolute Gasteiger partial charge is 0.489 e. The highest BCUT2D eigenvalue weighted by Crippen LogP contribution is 2.33. The fraction of sp³-hybridized carbons (Fsp3) is 0.222. The van der Waals surface area contributed by atoms with Crippen LogP contribution in [0.5, 0.6) is 5.75 Å². The average molecular weight is 314 g/mol. The van der Waals surface area contributed by atoms with Crippen molar-refractivity contribution in [3.05, 3.63) is 65.2 Å². The quantitative estimate of drug-likeness (QED) is 0.816. The standard InChI is InChI=1S/C18H18O5/c1-2-13(17(19)20)16-14(18(21)22)9-6-10-15(16)23-11-12-7-4-3-5-8-12/h3-10,13H,2,11H2,1H3,(H,19,20)(H,21,22). The predicted molar refractivity (Wildman–Crippen MR) is 84.8 cm³/mol. The van der Waals surface area contributed by atoms with Crippen LogP contribution in [0.4, 0.5) is 0 Å². The van der Waals surface area contributed by atoms with Crippen molar-refractivity contribution in [1.29, 1.82) is 0 Å². The molecule has 2 rings (SSSR count). The highest BCUT2D eigenvalue weighted by molar-refractivity contribution is 5.93. The number of carbonyl (C=O) groups is 2. The number of carboxylic acids is 2. The van der Waals surface area contributed by atoms with E-state index in [0.29, 0.717) is 5.75 Å². The lowest BCUT2D eigenvalue weighted by Gasteiger charge is -2.18. The summed E-state index contributed by atoms with van der Waals surface area (Å²) in [7, 11) is 0. The van der Waals surface area contributed by atoms with Gasteiger partial charge in [-0.2, -0.15) is 0 Å². The normalized spacial score (nSPS) is 11.7. The fourth-order valence-corrected chi connectivity index (χ4v) is 2.45. The third-order valence-corrected chi connectivity index (χ3v) is 3.59. The molecule has 0 amide bonds. The van der Waals surface area contributed by atoms with Crippen molar-refractivity contribution in [3.8, 4) is 5.75 Å². The Bertz CT molecular complexity index is 694. The van der Waals surface area contributed by atoms with E-state index in [1.807, 2.05) is 30.3 Å². The molecule has 0 fully saturated rings. The topological polar surface area (TPSA) is 83.8 Å². The van der Waals surface area contributed by atoms with Crippen LogP contribution in [0.3, 0.4) is 0 Å². The molecule has 0 radical (unpaired) electrons. The molecule has 0 spiro atoms. The fourth-order valence-electron chi connectivity index (χ4n) is 2.45. The van der Waals surface area contributed by atoms with Gasteiger partial charge in [0.2, 0.25) is 0 Å². The molecule has 0 aliphatic heterocycles. The zero-order valence-corrected chi connectivity index (χ0v) is 12.7. The highest BCUT2D eigenvalue weighted by Gasteiger charge is 2.27. The second-order valence-electron chi connectivity index (χ2n) is 5.10. The molecule has 23 heavy (non-hydrogen) atoms. The molecule has 1 unspecified atom stereocenters. The van der Waals surface area contributed by atoms with E-state index in [9.17, 15) is 19.8 Å². The molecule has 0 saturated carbocycles. The molecule has 0 saturated heterocycles. The Morgan fingerprint density at radius 1 is 1.04 bits per heavy atom. The third kappa shape index (κ3) is 3.88. The van der Waals surface area contributed by atoms with Gasteiger partial charge in [0.1, 0.15) is 12.4 Å². The van der Waals surface area contributed by atoms with Crippen LogP contribution in [0.15, 0.2) is 48.5 Å². The van der Waals surface area contributed by atoms with E-state index in [2.05, 4.69) is 0 Å². The SMILES string of the molecule is CCC(C(=O)O)c1c(OCc2ccccc2)cccc1C(=O)O. The van der Waals surface area contributed by atoms with Crippen LogP contribution >= 0.6 is 0 Å². The van der Waals surface area contributed by atoms with Crippen molar-refractivity contribution in [2.75, 3.05) is 0 Å². The van der Waals surface area contributed by atoms with E-state index < -0.39 is 17.9 Å². The minimum absolute atomic E-state index is 0.0372. The summed E-state index contributed by atoms with van der Waals surface area (Å²) in [4.78, 5) is 22.9. The van der Waals surface area contributed by atoms with Gasteiger partial charge < -0.3 is 14.9 Å². The Morgan fingerprint density at radius 2 is 1.74 bits per heavy atom. The average Bonchev–Trinajstić information content (AvgIpc) is 2.54. The number of benzene rings is 2. The Labute approximate surface area is 134 Å². The minimum Gasteiger partial charge on any atom is -0.489 e. The van der Waals surface area contributed by atoms with Crippen LogP contribution in [0.25, 0.3) is 0 Å². The van der Waals surface area contributed by atoms with E-state index in [0.717, 1.165) is 5.56 Å². The zero-order chi connectivity index (χ0) is 16.8. The van der Waals surface area contributed by atoms with E-state index in [-0.39, 0.29) is 24.2 Å². The van der Waals surface area contributed by atoms with Crippen LogP contribution in [0, 0.1) is 0 Å². The van der Waals surface area contributed by atoms with Crippen LogP contribution in [-0.2, 0) is 11.4 Å². The minimum atomic E-state index is -1.16. The maximum Gasteiger partial charge on any atom is 0.336 e. The first-order valence-electron chi connectivity index (χ1n) is 7.30. The van der Waals surface area contributed by atoms with Gasteiger partial charge in [-0.05, 0) is 24.1 Å². The lowest BCUT2D eigenvalue weighted by Crippen LogP contribution is -2.16. The first kappa shape index (κ1) is 16.5. The summed E-state index contributed by atoms with van der Waals surface area (Å²) in [6.45, 7) is 1.95. The second kappa shape index (κ2) is 7.45. The van der Waals surface area contributed by atoms with Gasteiger partial charge >= 0.3 is 11.9 Å². The summed E-state index contributed by atoms with van der Waals surface area (Å²) in [5, 5.41) is 18.7. The van der Waals surface area contributed by atoms with Crippen LogP contribution < -0.4 is 4.74 Å². The number of ether oxygens (including phenoxy) is 1. The number of hydrogen-bond acceptors (Lipinski definition) is 3. The molecule has 0 aliphatic carbocycles. The van der Waals surface area contributed by atoms with Crippen LogP contribution in [0.2, 0.25) is 0 Å². The summed E-state index contributed by atoms with van der Waals surface area (Å²) in [6.07, 6.45) is 0.279. The molecule has 5 nitrogen and oxygen atoms in total. The number of rotatable bonds is 7. The maximum atomic E-state index is 11.5.